The minimum absolute atomic E-state index is 0.241. The van der Waals surface area contributed by atoms with E-state index in [0.29, 0.717) is 12.2 Å². The summed E-state index contributed by atoms with van der Waals surface area (Å²) in [6.07, 6.45) is 6.74. The van der Waals surface area contributed by atoms with E-state index in [0.717, 1.165) is 25.9 Å². The fourth-order valence-electron chi connectivity index (χ4n) is 2.16. The van der Waals surface area contributed by atoms with E-state index in [4.69, 9.17) is 4.74 Å². The molecule has 2 fully saturated rings. The first-order valence-electron chi connectivity index (χ1n) is 5.62. The number of carbonyl (C=O) groups is 1. The summed E-state index contributed by atoms with van der Waals surface area (Å²) in [6, 6.07) is 0. The van der Waals surface area contributed by atoms with E-state index in [1.165, 1.54) is 18.6 Å². The quantitative estimate of drug-likeness (QED) is 0.721. The number of hydrogen-bond acceptors (Lipinski definition) is 3. The Morgan fingerprint density at radius 2 is 2.21 bits per heavy atom. The second-order valence-electron chi connectivity index (χ2n) is 4.16. The second kappa shape index (κ2) is 5.17. The summed E-state index contributed by atoms with van der Waals surface area (Å²) in [6.45, 7) is 0.857. The molecule has 0 spiro atoms. The van der Waals surface area contributed by atoms with Crippen molar-refractivity contribution in [2.75, 3.05) is 12.4 Å². The van der Waals surface area contributed by atoms with Crippen molar-refractivity contribution in [3.05, 3.63) is 0 Å². The molecule has 2 aliphatic heterocycles. The number of carbonyl (C=O) groups excluding carboxylic acids is 1. The van der Waals surface area contributed by atoms with Crippen molar-refractivity contribution in [3.63, 3.8) is 0 Å². The lowest BCUT2D eigenvalue weighted by molar-refractivity contribution is -0.120. The van der Waals surface area contributed by atoms with Crippen molar-refractivity contribution < 1.29 is 9.53 Å². The van der Waals surface area contributed by atoms with Gasteiger partial charge in [0, 0.05) is 13.0 Å². The van der Waals surface area contributed by atoms with Crippen LogP contribution in [0.4, 0.5) is 0 Å². The molecule has 3 heteroatoms. The molecule has 0 aromatic rings. The standard InChI is InChI=1S/C11H18O2S/c12-10(8-9-4-3-6-13-9)11-5-1-2-7-14-11/h9,11H,1-8H2. The number of Topliss-reactive ketones (excluding diaryl/α,β-unsaturated/α-hetero) is 1. The Morgan fingerprint density at radius 1 is 1.29 bits per heavy atom. The highest BCUT2D eigenvalue weighted by Gasteiger charge is 2.26. The smallest absolute Gasteiger partial charge is 0.148 e. The van der Waals surface area contributed by atoms with Gasteiger partial charge in [-0.3, -0.25) is 4.79 Å². The van der Waals surface area contributed by atoms with Gasteiger partial charge in [-0.2, -0.15) is 11.8 Å². The van der Waals surface area contributed by atoms with Gasteiger partial charge >= 0.3 is 0 Å². The SMILES string of the molecule is O=C(CC1CCCO1)C1CCCCS1. The van der Waals surface area contributed by atoms with Gasteiger partial charge < -0.3 is 4.74 Å². The van der Waals surface area contributed by atoms with Gasteiger partial charge in [-0.1, -0.05) is 6.42 Å². The van der Waals surface area contributed by atoms with Gasteiger partial charge in [0.1, 0.15) is 5.78 Å². The van der Waals surface area contributed by atoms with Crippen LogP contribution in [-0.2, 0) is 9.53 Å². The normalized spacial score (nSPS) is 33.1. The van der Waals surface area contributed by atoms with Crippen molar-refractivity contribution >= 4 is 17.5 Å². The first-order chi connectivity index (χ1) is 6.86. The monoisotopic (exact) mass is 214 g/mol. The lowest BCUT2D eigenvalue weighted by Gasteiger charge is -2.21. The van der Waals surface area contributed by atoms with Gasteiger partial charge in [-0.25, -0.2) is 0 Å². The predicted octanol–water partition coefficient (Wildman–Crippen LogP) is 2.41. The molecule has 2 rings (SSSR count). The maximum Gasteiger partial charge on any atom is 0.148 e. The first-order valence-corrected chi connectivity index (χ1v) is 6.67. The zero-order valence-electron chi connectivity index (χ0n) is 8.54. The van der Waals surface area contributed by atoms with Crippen LogP contribution in [0.5, 0.6) is 0 Å². The topological polar surface area (TPSA) is 26.3 Å². The van der Waals surface area contributed by atoms with E-state index in [2.05, 4.69) is 0 Å². The van der Waals surface area contributed by atoms with Gasteiger partial charge in [0.05, 0.1) is 11.4 Å². The molecule has 0 radical (unpaired) electrons. The molecule has 2 saturated heterocycles. The summed E-state index contributed by atoms with van der Waals surface area (Å²) in [7, 11) is 0. The summed E-state index contributed by atoms with van der Waals surface area (Å²) in [5.74, 6) is 1.60. The van der Waals surface area contributed by atoms with Crippen LogP contribution in [0.25, 0.3) is 0 Å². The average Bonchev–Trinajstić information content (AvgIpc) is 2.72. The third-order valence-corrected chi connectivity index (χ3v) is 4.42. The molecular weight excluding hydrogens is 196 g/mol. The Bertz CT molecular complexity index is 193. The Balaban J connectivity index is 1.75. The summed E-state index contributed by atoms with van der Waals surface area (Å²) in [5, 5.41) is 0.285. The second-order valence-corrected chi connectivity index (χ2v) is 5.47. The summed E-state index contributed by atoms with van der Waals surface area (Å²) in [4.78, 5) is 11.9. The predicted molar refractivity (Wildman–Crippen MR) is 58.7 cm³/mol. The largest absolute Gasteiger partial charge is 0.378 e. The summed E-state index contributed by atoms with van der Waals surface area (Å²) < 4.78 is 5.48. The number of rotatable bonds is 3. The number of thioether (sulfide) groups is 1. The van der Waals surface area contributed by atoms with Crippen LogP contribution in [-0.4, -0.2) is 29.5 Å². The van der Waals surface area contributed by atoms with Crippen LogP contribution in [0.1, 0.15) is 38.5 Å². The maximum atomic E-state index is 11.9. The molecule has 0 aliphatic carbocycles. The summed E-state index contributed by atoms with van der Waals surface area (Å²) in [5.41, 5.74) is 0. The molecule has 2 heterocycles. The first kappa shape index (κ1) is 10.5. The van der Waals surface area contributed by atoms with Gasteiger partial charge in [-0.15, -0.1) is 0 Å². The Kier molecular flexibility index (Phi) is 3.88. The highest BCUT2D eigenvalue weighted by atomic mass is 32.2. The van der Waals surface area contributed by atoms with E-state index in [9.17, 15) is 4.79 Å². The van der Waals surface area contributed by atoms with Gasteiger partial charge in [0.2, 0.25) is 0 Å². The fraction of sp³-hybridized carbons (Fsp3) is 0.909. The van der Waals surface area contributed by atoms with E-state index >= 15 is 0 Å². The molecule has 0 amide bonds. The fourth-order valence-corrected chi connectivity index (χ4v) is 3.43. The van der Waals surface area contributed by atoms with Crippen LogP contribution >= 0.6 is 11.8 Å². The lowest BCUT2D eigenvalue weighted by Crippen LogP contribution is -2.24. The highest BCUT2D eigenvalue weighted by Crippen LogP contribution is 2.28. The van der Waals surface area contributed by atoms with Crippen molar-refractivity contribution in [1.82, 2.24) is 0 Å². The molecule has 14 heavy (non-hydrogen) atoms. The van der Waals surface area contributed by atoms with Crippen LogP contribution in [0.2, 0.25) is 0 Å². The van der Waals surface area contributed by atoms with Crippen LogP contribution in [0.3, 0.4) is 0 Å². The number of hydrogen-bond donors (Lipinski definition) is 0. The molecule has 2 aliphatic rings. The van der Waals surface area contributed by atoms with E-state index in [-0.39, 0.29) is 11.4 Å². The van der Waals surface area contributed by atoms with E-state index < -0.39 is 0 Å². The molecule has 80 valence electrons. The molecule has 0 bridgehead atoms. The number of ether oxygens (including phenoxy) is 1. The van der Waals surface area contributed by atoms with Crippen LogP contribution in [0.15, 0.2) is 0 Å². The minimum atomic E-state index is 0.241. The molecule has 0 N–H and O–H groups in total. The Labute approximate surface area is 89.8 Å². The third kappa shape index (κ3) is 2.74. The summed E-state index contributed by atoms with van der Waals surface area (Å²) >= 11 is 1.85. The molecule has 0 aromatic carbocycles. The Morgan fingerprint density at radius 3 is 2.86 bits per heavy atom. The molecule has 2 unspecified atom stereocenters. The van der Waals surface area contributed by atoms with Gasteiger partial charge in [0.25, 0.3) is 0 Å². The van der Waals surface area contributed by atoms with E-state index in [1.54, 1.807) is 0 Å². The van der Waals surface area contributed by atoms with Crippen molar-refractivity contribution in [2.24, 2.45) is 0 Å². The molecule has 0 aromatic heterocycles. The third-order valence-electron chi connectivity index (χ3n) is 2.99. The molecule has 2 atom stereocenters. The van der Waals surface area contributed by atoms with Gasteiger partial charge in [0.15, 0.2) is 0 Å². The average molecular weight is 214 g/mol. The van der Waals surface area contributed by atoms with Crippen LogP contribution < -0.4 is 0 Å². The molecule has 2 nitrogen and oxygen atoms in total. The van der Waals surface area contributed by atoms with Gasteiger partial charge in [-0.05, 0) is 31.4 Å². The van der Waals surface area contributed by atoms with Crippen molar-refractivity contribution in [1.29, 1.82) is 0 Å². The number of ketones is 1. The Hall–Kier alpha value is -0.0200. The minimum Gasteiger partial charge on any atom is -0.378 e. The van der Waals surface area contributed by atoms with Crippen molar-refractivity contribution in [3.8, 4) is 0 Å². The highest BCUT2D eigenvalue weighted by molar-refractivity contribution is 8.00. The molecular formula is C11H18O2S. The zero-order chi connectivity index (χ0) is 9.80. The molecule has 0 saturated carbocycles. The van der Waals surface area contributed by atoms with Crippen molar-refractivity contribution in [2.45, 2.75) is 49.9 Å². The van der Waals surface area contributed by atoms with E-state index in [1.807, 2.05) is 11.8 Å². The maximum absolute atomic E-state index is 11.9. The zero-order valence-corrected chi connectivity index (χ0v) is 9.35. The van der Waals surface area contributed by atoms with Crippen LogP contribution in [0, 0.1) is 0 Å². The lowest BCUT2D eigenvalue weighted by atomic mass is 10.0.